The van der Waals surface area contributed by atoms with E-state index in [0.29, 0.717) is 13.1 Å². The molecule has 0 amide bonds. The van der Waals surface area contributed by atoms with Crippen LogP contribution in [0.4, 0.5) is 10.1 Å². The monoisotopic (exact) mass is 283 g/mol. The molecule has 1 aliphatic rings. The van der Waals surface area contributed by atoms with Crippen molar-refractivity contribution in [3.63, 3.8) is 0 Å². The first-order chi connectivity index (χ1) is 9.04. The molecule has 1 fully saturated rings. The number of benzene rings is 1. The van der Waals surface area contributed by atoms with Crippen LogP contribution in [0.2, 0.25) is 0 Å². The van der Waals surface area contributed by atoms with Gasteiger partial charge in [-0.1, -0.05) is 12.5 Å². The van der Waals surface area contributed by atoms with E-state index in [2.05, 4.69) is 4.72 Å². The average molecular weight is 283 g/mol. The predicted molar refractivity (Wildman–Crippen MR) is 69.1 cm³/mol. The molecule has 0 unspecified atom stereocenters. The lowest BCUT2D eigenvalue weighted by atomic mass is 10.2. The van der Waals surface area contributed by atoms with Gasteiger partial charge in [-0.25, -0.2) is 4.39 Å². The average Bonchev–Trinajstić information content (AvgIpc) is 2.40. The maximum absolute atomic E-state index is 13.4. The van der Waals surface area contributed by atoms with Crippen molar-refractivity contribution in [1.82, 2.24) is 4.31 Å². The van der Waals surface area contributed by atoms with Crippen LogP contribution in [0.15, 0.2) is 18.2 Å². The Hall–Kier alpha value is -1.65. The third kappa shape index (κ3) is 3.03. The fraction of sp³-hybridized carbons (Fsp3) is 0.417. The van der Waals surface area contributed by atoms with Crippen LogP contribution >= 0.6 is 0 Å². The van der Waals surface area contributed by atoms with E-state index in [1.54, 1.807) is 6.07 Å². The maximum Gasteiger partial charge on any atom is 0.301 e. The lowest BCUT2D eigenvalue weighted by Gasteiger charge is -2.26. The van der Waals surface area contributed by atoms with Gasteiger partial charge in [0.25, 0.3) is 0 Å². The molecule has 1 saturated heterocycles. The first kappa shape index (κ1) is 13.8. The highest BCUT2D eigenvalue weighted by Gasteiger charge is 2.25. The number of hydrogen-bond donors (Lipinski definition) is 1. The Balaban J connectivity index is 2.25. The van der Waals surface area contributed by atoms with Crippen molar-refractivity contribution in [3.8, 4) is 6.07 Å². The topological polar surface area (TPSA) is 73.2 Å². The number of piperidine rings is 1. The molecule has 0 aliphatic carbocycles. The minimum atomic E-state index is -3.72. The lowest BCUT2D eigenvalue weighted by molar-refractivity contribution is 0.349. The molecule has 1 aromatic carbocycles. The smallest absolute Gasteiger partial charge is 0.269 e. The van der Waals surface area contributed by atoms with Gasteiger partial charge >= 0.3 is 10.2 Å². The van der Waals surface area contributed by atoms with Crippen molar-refractivity contribution in [1.29, 1.82) is 5.26 Å². The summed E-state index contributed by atoms with van der Waals surface area (Å²) in [5.74, 6) is -0.735. The Morgan fingerprint density at radius 1 is 1.26 bits per heavy atom. The van der Waals surface area contributed by atoms with Crippen molar-refractivity contribution < 1.29 is 12.8 Å². The van der Waals surface area contributed by atoms with Crippen LogP contribution < -0.4 is 4.72 Å². The van der Waals surface area contributed by atoms with Gasteiger partial charge in [0.05, 0.1) is 5.69 Å². The summed E-state index contributed by atoms with van der Waals surface area (Å²) in [7, 11) is -3.72. The van der Waals surface area contributed by atoms with Gasteiger partial charge in [0.15, 0.2) is 0 Å². The molecule has 7 heteroatoms. The molecule has 1 N–H and O–H groups in total. The molecule has 19 heavy (non-hydrogen) atoms. The van der Waals surface area contributed by atoms with Gasteiger partial charge in [0.2, 0.25) is 0 Å². The van der Waals surface area contributed by atoms with Crippen molar-refractivity contribution in [2.24, 2.45) is 0 Å². The summed E-state index contributed by atoms with van der Waals surface area (Å²) in [6.07, 6.45) is 2.64. The summed E-state index contributed by atoms with van der Waals surface area (Å²) >= 11 is 0. The Morgan fingerprint density at radius 3 is 2.58 bits per heavy atom. The normalized spacial score (nSPS) is 16.8. The van der Waals surface area contributed by atoms with Gasteiger partial charge in [-0.3, -0.25) is 4.72 Å². The van der Waals surface area contributed by atoms with Crippen molar-refractivity contribution in [2.45, 2.75) is 19.3 Å². The number of hydrogen-bond acceptors (Lipinski definition) is 3. The highest BCUT2D eigenvalue weighted by Crippen LogP contribution is 2.21. The second-order valence-electron chi connectivity index (χ2n) is 4.34. The molecule has 0 radical (unpaired) electrons. The minimum Gasteiger partial charge on any atom is -0.269 e. The summed E-state index contributed by atoms with van der Waals surface area (Å²) in [6.45, 7) is 0.902. The standard InChI is InChI=1S/C12H14FN3O2S/c13-11-5-4-6-12(10(11)9-14)15-19(17,18)16-7-2-1-3-8-16/h4-6,15H,1-3,7-8H2. The van der Waals surface area contributed by atoms with E-state index in [9.17, 15) is 12.8 Å². The van der Waals surface area contributed by atoms with Crippen LogP contribution in [0.1, 0.15) is 24.8 Å². The van der Waals surface area contributed by atoms with E-state index in [1.165, 1.54) is 16.4 Å². The fourth-order valence-corrected chi connectivity index (χ4v) is 3.35. The molecule has 1 aromatic rings. The SMILES string of the molecule is N#Cc1c(F)cccc1NS(=O)(=O)N1CCCCC1. The van der Waals surface area contributed by atoms with Gasteiger partial charge in [-0.2, -0.15) is 18.0 Å². The summed E-state index contributed by atoms with van der Waals surface area (Å²) in [4.78, 5) is 0. The number of nitriles is 1. The molecule has 0 bridgehead atoms. The van der Waals surface area contributed by atoms with E-state index < -0.39 is 16.0 Å². The maximum atomic E-state index is 13.4. The van der Waals surface area contributed by atoms with Gasteiger partial charge in [0, 0.05) is 13.1 Å². The molecule has 102 valence electrons. The Labute approximate surface area is 111 Å². The van der Waals surface area contributed by atoms with E-state index in [0.717, 1.165) is 25.3 Å². The zero-order valence-electron chi connectivity index (χ0n) is 10.3. The highest BCUT2D eigenvalue weighted by molar-refractivity contribution is 7.90. The summed E-state index contributed by atoms with van der Waals surface area (Å²) in [5, 5.41) is 8.87. The molecular weight excluding hydrogens is 269 g/mol. The van der Waals surface area contributed by atoms with Gasteiger partial charge in [0.1, 0.15) is 17.4 Å². The lowest BCUT2D eigenvalue weighted by Crippen LogP contribution is -2.39. The predicted octanol–water partition coefficient (Wildman–Crippen LogP) is 1.84. The van der Waals surface area contributed by atoms with Crippen molar-refractivity contribution in [3.05, 3.63) is 29.6 Å². The largest absolute Gasteiger partial charge is 0.301 e. The van der Waals surface area contributed by atoms with Crippen molar-refractivity contribution in [2.75, 3.05) is 17.8 Å². The molecule has 1 heterocycles. The zero-order chi connectivity index (χ0) is 13.9. The van der Waals surface area contributed by atoms with Crippen LogP contribution in [0.5, 0.6) is 0 Å². The third-order valence-corrected chi connectivity index (χ3v) is 4.54. The van der Waals surface area contributed by atoms with E-state index in [-0.39, 0.29) is 11.3 Å². The number of nitrogens with one attached hydrogen (secondary N) is 1. The van der Waals surface area contributed by atoms with Crippen molar-refractivity contribution >= 4 is 15.9 Å². The second-order valence-corrected chi connectivity index (χ2v) is 6.01. The first-order valence-electron chi connectivity index (χ1n) is 6.01. The van der Waals surface area contributed by atoms with Gasteiger partial charge < -0.3 is 0 Å². The van der Waals surface area contributed by atoms with Gasteiger partial charge in [-0.15, -0.1) is 0 Å². The number of halogens is 1. The highest BCUT2D eigenvalue weighted by atomic mass is 32.2. The quantitative estimate of drug-likeness (QED) is 0.920. The molecule has 0 atom stereocenters. The molecule has 0 spiro atoms. The first-order valence-corrected chi connectivity index (χ1v) is 7.45. The van der Waals surface area contributed by atoms with E-state index in [1.807, 2.05) is 0 Å². The number of anilines is 1. The molecule has 0 saturated carbocycles. The van der Waals surface area contributed by atoms with E-state index in [4.69, 9.17) is 5.26 Å². The zero-order valence-corrected chi connectivity index (χ0v) is 11.1. The third-order valence-electron chi connectivity index (χ3n) is 3.02. The van der Waals surface area contributed by atoms with Crippen LogP contribution in [-0.4, -0.2) is 25.8 Å². The van der Waals surface area contributed by atoms with Crippen LogP contribution in [-0.2, 0) is 10.2 Å². The molecule has 5 nitrogen and oxygen atoms in total. The molecule has 0 aromatic heterocycles. The van der Waals surface area contributed by atoms with E-state index >= 15 is 0 Å². The Kier molecular flexibility index (Phi) is 4.02. The summed E-state index contributed by atoms with van der Waals surface area (Å²) in [5.41, 5.74) is -0.309. The van der Waals surface area contributed by atoms with Gasteiger partial charge in [-0.05, 0) is 25.0 Å². The van der Waals surface area contributed by atoms with Crippen LogP contribution in [0.3, 0.4) is 0 Å². The fourth-order valence-electron chi connectivity index (χ4n) is 2.03. The Morgan fingerprint density at radius 2 is 1.95 bits per heavy atom. The number of rotatable bonds is 3. The molecular formula is C12H14FN3O2S. The number of nitrogens with zero attached hydrogens (tertiary/aromatic N) is 2. The second kappa shape index (κ2) is 5.55. The van der Waals surface area contributed by atoms with Crippen LogP contribution in [0.25, 0.3) is 0 Å². The Bertz CT molecular complexity index is 604. The molecule has 2 rings (SSSR count). The van der Waals surface area contributed by atoms with Crippen LogP contribution in [0, 0.1) is 17.1 Å². The summed E-state index contributed by atoms with van der Waals surface area (Å²) < 4.78 is 41.2. The summed E-state index contributed by atoms with van der Waals surface area (Å²) in [6, 6.07) is 5.53. The minimum absolute atomic E-state index is 0.0203. The molecule has 1 aliphatic heterocycles.